The number of aromatic nitrogens is 1. The number of alkyl halides is 3. The van der Waals surface area contributed by atoms with Crippen LogP contribution in [0.25, 0.3) is 0 Å². The van der Waals surface area contributed by atoms with Crippen molar-refractivity contribution in [3.63, 3.8) is 0 Å². The number of halogens is 3. The van der Waals surface area contributed by atoms with E-state index in [2.05, 4.69) is 10.3 Å². The largest absolute Gasteiger partial charge is 0.433 e. The summed E-state index contributed by atoms with van der Waals surface area (Å²) in [7, 11) is 1.86. The lowest BCUT2D eigenvalue weighted by Gasteiger charge is -2.18. The number of likely N-dealkylation sites (tertiary alicyclic amines) is 1. The van der Waals surface area contributed by atoms with Crippen molar-refractivity contribution in [2.45, 2.75) is 19.5 Å². The lowest BCUT2D eigenvalue weighted by Crippen LogP contribution is -2.31. The molecule has 1 saturated heterocycles. The Morgan fingerprint density at radius 2 is 2.19 bits per heavy atom. The highest BCUT2D eigenvalue weighted by Crippen LogP contribution is 2.28. The molecule has 1 aromatic rings. The second-order valence-corrected chi connectivity index (χ2v) is 5.29. The molecule has 0 aromatic carbocycles. The fourth-order valence-corrected chi connectivity index (χ4v) is 2.59. The van der Waals surface area contributed by atoms with Gasteiger partial charge in [0.1, 0.15) is 5.69 Å². The molecule has 1 aliphatic rings. The molecule has 0 saturated carbocycles. The fourth-order valence-electron chi connectivity index (χ4n) is 2.59. The number of hydrogen-bond donors (Lipinski definition) is 1. The Balaban J connectivity index is 2.14. The van der Waals surface area contributed by atoms with E-state index in [1.165, 1.54) is 13.0 Å². The maximum atomic E-state index is 12.6. The van der Waals surface area contributed by atoms with Gasteiger partial charge in [-0.25, -0.2) is 4.98 Å². The molecular weight excluding hydrogens is 283 g/mol. The smallest absolute Gasteiger partial charge is 0.338 e. The standard InChI is InChI=1S/C14H18F3N3O/c1-9-11(3-4-12(19-9)14(15,16)17)13(21)20-6-5-10(8-20)7-18-2/h3-4,10,18H,5-8H2,1-2H3/t10-/m1/s1. The highest BCUT2D eigenvalue weighted by Gasteiger charge is 2.34. The Morgan fingerprint density at radius 1 is 1.48 bits per heavy atom. The Labute approximate surface area is 121 Å². The first-order valence-electron chi connectivity index (χ1n) is 6.81. The number of carbonyl (C=O) groups is 1. The Morgan fingerprint density at radius 3 is 2.76 bits per heavy atom. The maximum absolute atomic E-state index is 12.6. The Hall–Kier alpha value is -1.63. The van der Waals surface area contributed by atoms with E-state index in [-0.39, 0.29) is 17.2 Å². The van der Waals surface area contributed by atoms with Gasteiger partial charge in [0, 0.05) is 13.1 Å². The van der Waals surface area contributed by atoms with Crippen LogP contribution in [0.15, 0.2) is 12.1 Å². The average molecular weight is 301 g/mol. The molecule has 1 aliphatic heterocycles. The number of nitrogens with one attached hydrogen (secondary N) is 1. The molecule has 0 radical (unpaired) electrons. The van der Waals surface area contributed by atoms with Crippen LogP contribution in [0.1, 0.15) is 28.2 Å². The number of rotatable bonds is 3. The van der Waals surface area contributed by atoms with Crippen LogP contribution in [0.3, 0.4) is 0 Å². The summed E-state index contributed by atoms with van der Waals surface area (Å²) in [4.78, 5) is 17.6. The summed E-state index contributed by atoms with van der Waals surface area (Å²) < 4.78 is 37.7. The van der Waals surface area contributed by atoms with Gasteiger partial charge < -0.3 is 10.2 Å². The summed E-state index contributed by atoms with van der Waals surface area (Å²) in [6.07, 6.45) is -3.59. The molecule has 1 amide bonds. The normalized spacial score (nSPS) is 19.1. The van der Waals surface area contributed by atoms with E-state index in [1.54, 1.807) is 4.90 Å². The van der Waals surface area contributed by atoms with Gasteiger partial charge >= 0.3 is 6.18 Å². The van der Waals surface area contributed by atoms with E-state index in [1.807, 2.05) is 7.05 Å². The van der Waals surface area contributed by atoms with Gasteiger partial charge in [-0.15, -0.1) is 0 Å². The van der Waals surface area contributed by atoms with Crippen LogP contribution in [0.4, 0.5) is 13.2 Å². The molecule has 4 nitrogen and oxygen atoms in total. The molecule has 21 heavy (non-hydrogen) atoms. The molecule has 1 atom stereocenters. The first-order valence-corrected chi connectivity index (χ1v) is 6.81. The predicted octanol–water partition coefficient (Wildman–Crippen LogP) is 2.09. The maximum Gasteiger partial charge on any atom is 0.433 e. The quantitative estimate of drug-likeness (QED) is 0.930. The molecule has 0 bridgehead atoms. The third kappa shape index (κ3) is 3.53. The summed E-state index contributed by atoms with van der Waals surface area (Å²) >= 11 is 0. The third-order valence-electron chi connectivity index (χ3n) is 3.67. The highest BCUT2D eigenvalue weighted by molar-refractivity contribution is 5.95. The topological polar surface area (TPSA) is 45.2 Å². The van der Waals surface area contributed by atoms with Crippen molar-refractivity contribution < 1.29 is 18.0 Å². The van der Waals surface area contributed by atoms with E-state index in [4.69, 9.17) is 0 Å². The minimum Gasteiger partial charge on any atom is -0.338 e. The van der Waals surface area contributed by atoms with Crippen LogP contribution in [0.2, 0.25) is 0 Å². The van der Waals surface area contributed by atoms with Gasteiger partial charge in [0.05, 0.1) is 11.3 Å². The number of aryl methyl sites for hydroxylation is 1. The fraction of sp³-hybridized carbons (Fsp3) is 0.571. The van der Waals surface area contributed by atoms with Gasteiger partial charge in [0.15, 0.2) is 0 Å². The lowest BCUT2D eigenvalue weighted by atomic mass is 10.1. The van der Waals surface area contributed by atoms with Crippen LogP contribution in [0, 0.1) is 12.8 Å². The van der Waals surface area contributed by atoms with E-state index in [9.17, 15) is 18.0 Å². The van der Waals surface area contributed by atoms with Crippen LogP contribution in [-0.4, -0.2) is 42.5 Å². The SMILES string of the molecule is CNC[C@H]1CCN(C(=O)c2ccc(C(F)(F)F)nc2C)C1. The van der Waals surface area contributed by atoms with Crippen LogP contribution >= 0.6 is 0 Å². The minimum atomic E-state index is -4.49. The van der Waals surface area contributed by atoms with Crippen molar-refractivity contribution in [2.24, 2.45) is 5.92 Å². The zero-order valence-corrected chi connectivity index (χ0v) is 12.0. The Bertz CT molecular complexity index is 531. The molecular formula is C14H18F3N3O. The van der Waals surface area contributed by atoms with Crippen molar-refractivity contribution in [3.05, 3.63) is 29.1 Å². The van der Waals surface area contributed by atoms with Gasteiger partial charge in [-0.05, 0) is 45.0 Å². The highest BCUT2D eigenvalue weighted by atomic mass is 19.4. The summed E-state index contributed by atoms with van der Waals surface area (Å²) in [6.45, 7) is 3.52. The van der Waals surface area contributed by atoms with Crippen LogP contribution in [0.5, 0.6) is 0 Å². The van der Waals surface area contributed by atoms with E-state index in [0.717, 1.165) is 19.0 Å². The summed E-state index contributed by atoms with van der Waals surface area (Å²) in [5.74, 6) is 0.147. The number of pyridine rings is 1. The molecule has 2 rings (SSSR count). The van der Waals surface area contributed by atoms with Crippen LogP contribution in [-0.2, 0) is 6.18 Å². The first-order chi connectivity index (χ1) is 9.82. The zero-order valence-electron chi connectivity index (χ0n) is 12.0. The summed E-state index contributed by atoms with van der Waals surface area (Å²) in [5.41, 5.74) is -0.606. The number of carbonyl (C=O) groups excluding carboxylic acids is 1. The van der Waals surface area contributed by atoms with Gasteiger partial charge in [-0.1, -0.05) is 0 Å². The predicted molar refractivity (Wildman–Crippen MR) is 71.9 cm³/mol. The molecule has 0 unspecified atom stereocenters. The van der Waals surface area contributed by atoms with Crippen molar-refractivity contribution in [1.29, 1.82) is 0 Å². The lowest BCUT2D eigenvalue weighted by molar-refractivity contribution is -0.141. The molecule has 7 heteroatoms. The molecule has 1 N–H and O–H groups in total. The molecule has 1 aromatic heterocycles. The van der Waals surface area contributed by atoms with Gasteiger partial charge in [0.25, 0.3) is 5.91 Å². The average Bonchev–Trinajstić information content (AvgIpc) is 2.86. The van der Waals surface area contributed by atoms with E-state index in [0.29, 0.717) is 19.0 Å². The van der Waals surface area contributed by atoms with E-state index < -0.39 is 11.9 Å². The van der Waals surface area contributed by atoms with Crippen molar-refractivity contribution in [1.82, 2.24) is 15.2 Å². The monoisotopic (exact) mass is 301 g/mol. The minimum absolute atomic E-state index is 0.117. The number of nitrogens with zero attached hydrogens (tertiary/aromatic N) is 2. The van der Waals surface area contributed by atoms with Crippen molar-refractivity contribution in [2.75, 3.05) is 26.7 Å². The second kappa shape index (κ2) is 6.01. The molecule has 2 heterocycles. The van der Waals surface area contributed by atoms with Crippen molar-refractivity contribution >= 4 is 5.91 Å². The number of amides is 1. The molecule has 0 aliphatic carbocycles. The Kier molecular flexibility index (Phi) is 4.51. The molecule has 1 fully saturated rings. The first kappa shape index (κ1) is 15.8. The van der Waals surface area contributed by atoms with Gasteiger partial charge in [0.2, 0.25) is 0 Å². The zero-order chi connectivity index (χ0) is 15.6. The number of hydrogen-bond acceptors (Lipinski definition) is 3. The van der Waals surface area contributed by atoms with E-state index >= 15 is 0 Å². The molecule has 0 spiro atoms. The van der Waals surface area contributed by atoms with Gasteiger partial charge in [-0.3, -0.25) is 4.79 Å². The van der Waals surface area contributed by atoms with Crippen LogP contribution < -0.4 is 5.32 Å². The molecule has 116 valence electrons. The second-order valence-electron chi connectivity index (χ2n) is 5.29. The van der Waals surface area contributed by atoms with Crippen molar-refractivity contribution in [3.8, 4) is 0 Å². The third-order valence-corrected chi connectivity index (χ3v) is 3.67. The summed E-state index contributed by atoms with van der Waals surface area (Å²) in [5, 5.41) is 3.07. The summed E-state index contributed by atoms with van der Waals surface area (Å²) in [6, 6.07) is 2.08. The van der Waals surface area contributed by atoms with Gasteiger partial charge in [-0.2, -0.15) is 13.2 Å².